The Labute approximate surface area is 183 Å². The van der Waals surface area contributed by atoms with Crippen molar-refractivity contribution in [3.8, 4) is 5.75 Å². The molecule has 0 aromatic heterocycles. The predicted molar refractivity (Wildman–Crippen MR) is 120 cm³/mol. The van der Waals surface area contributed by atoms with Crippen molar-refractivity contribution in [2.24, 2.45) is 0 Å². The quantitative estimate of drug-likeness (QED) is 0.665. The van der Waals surface area contributed by atoms with E-state index < -0.39 is 5.60 Å². The summed E-state index contributed by atoms with van der Waals surface area (Å²) in [5.74, 6) is 0.456. The highest BCUT2D eigenvalue weighted by molar-refractivity contribution is 5.96. The van der Waals surface area contributed by atoms with Crippen molar-refractivity contribution in [1.82, 2.24) is 4.90 Å². The van der Waals surface area contributed by atoms with Gasteiger partial charge in [-0.25, -0.2) is 4.79 Å². The number of anilines is 2. The molecule has 4 rings (SSSR count). The van der Waals surface area contributed by atoms with E-state index in [2.05, 4.69) is 4.90 Å². The Morgan fingerprint density at radius 1 is 0.903 bits per heavy atom. The molecule has 0 atom stereocenters. The van der Waals surface area contributed by atoms with Crippen molar-refractivity contribution in [1.29, 1.82) is 0 Å². The maximum Gasteiger partial charge on any atom is 0.338 e. The Morgan fingerprint density at radius 3 is 2.26 bits per heavy atom. The average Bonchev–Trinajstić information content (AvgIpc) is 2.77. The zero-order valence-corrected chi connectivity index (χ0v) is 18.5. The molecule has 6 nitrogen and oxygen atoms in total. The topological polar surface area (TPSA) is 59.1 Å². The fourth-order valence-corrected chi connectivity index (χ4v) is 4.02. The highest BCUT2D eigenvalue weighted by Gasteiger charge is 2.24. The second-order valence-corrected chi connectivity index (χ2v) is 9.08. The monoisotopic (exact) mass is 422 g/mol. The van der Waals surface area contributed by atoms with Crippen LogP contribution in [0.2, 0.25) is 0 Å². The zero-order valence-electron chi connectivity index (χ0n) is 18.5. The van der Waals surface area contributed by atoms with Crippen molar-refractivity contribution in [3.63, 3.8) is 0 Å². The summed E-state index contributed by atoms with van der Waals surface area (Å²) in [7, 11) is 0. The maximum absolute atomic E-state index is 12.9. The summed E-state index contributed by atoms with van der Waals surface area (Å²) in [6.45, 7) is 8.44. The number of amides is 1. The summed E-state index contributed by atoms with van der Waals surface area (Å²) in [4.78, 5) is 29.2. The van der Waals surface area contributed by atoms with Gasteiger partial charge in [0.25, 0.3) is 5.91 Å². The Bertz CT molecular complexity index is 956. The summed E-state index contributed by atoms with van der Waals surface area (Å²) < 4.78 is 11.3. The summed E-state index contributed by atoms with van der Waals surface area (Å²) in [6, 6.07) is 13.1. The molecule has 2 aromatic rings. The number of rotatable bonds is 3. The van der Waals surface area contributed by atoms with Crippen molar-refractivity contribution in [2.45, 2.75) is 45.6 Å². The van der Waals surface area contributed by atoms with Gasteiger partial charge < -0.3 is 19.3 Å². The lowest BCUT2D eigenvalue weighted by atomic mass is 10.1. The van der Waals surface area contributed by atoms with Gasteiger partial charge in [-0.2, -0.15) is 0 Å². The molecule has 0 unspecified atom stereocenters. The van der Waals surface area contributed by atoms with E-state index in [0.717, 1.165) is 37.3 Å². The van der Waals surface area contributed by atoms with E-state index in [4.69, 9.17) is 9.47 Å². The maximum atomic E-state index is 12.9. The van der Waals surface area contributed by atoms with Gasteiger partial charge in [0.15, 0.2) is 0 Å². The molecular formula is C25H30N2O4. The van der Waals surface area contributed by atoms with Gasteiger partial charge in [-0.05, 0) is 82.5 Å². The molecule has 1 amide bonds. The van der Waals surface area contributed by atoms with Crippen LogP contribution in [0.15, 0.2) is 42.5 Å². The molecule has 2 heterocycles. The molecule has 0 aliphatic carbocycles. The van der Waals surface area contributed by atoms with Crippen LogP contribution in [-0.2, 0) is 4.74 Å². The van der Waals surface area contributed by atoms with Gasteiger partial charge in [0.2, 0.25) is 0 Å². The Kier molecular flexibility index (Phi) is 5.90. The van der Waals surface area contributed by atoms with Crippen molar-refractivity contribution in [2.75, 3.05) is 31.1 Å². The van der Waals surface area contributed by atoms with Crippen LogP contribution in [-0.4, -0.2) is 48.6 Å². The second-order valence-electron chi connectivity index (χ2n) is 9.08. The molecule has 0 bridgehead atoms. The van der Waals surface area contributed by atoms with E-state index in [-0.39, 0.29) is 11.9 Å². The van der Waals surface area contributed by atoms with Gasteiger partial charge in [0.05, 0.1) is 17.8 Å². The summed E-state index contributed by atoms with van der Waals surface area (Å²) in [6.07, 6.45) is 3.33. The van der Waals surface area contributed by atoms with E-state index in [0.29, 0.717) is 30.0 Å². The summed E-state index contributed by atoms with van der Waals surface area (Å²) in [5.41, 5.74) is 2.55. The van der Waals surface area contributed by atoms with Crippen LogP contribution in [0.5, 0.6) is 5.75 Å². The second kappa shape index (κ2) is 8.61. The van der Waals surface area contributed by atoms with Crippen LogP contribution in [0, 0.1) is 0 Å². The lowest BCUT2D eigenvalue weighted by molar-refractivity contribution is 0.00694. The van der Waals surface area contributed by atoms with Crippen molar-refractivity contribution >= 4 is 23.3 Å². The first-order valence-electron chi connectivity index (χ1n) is 11.0. The van der Waals surface area contributed by atoms with Gasteiger partial charge in [-0.3, -0.25) is 4.79 Å². The molecule has 2 aliphatic rings. The minimum atomic E-state index is -0.526. The number of fused-ring (bicyclic) bond motifs is 1. The number of carbonyl (C=O) groups is 2. The standard InChI is InChI=1S/C25H30N2O4/c1-25(2,3)31-24(29)18-7-10-20(11-8-18)27-15-16-30-22-17-19(9-12-21(22)27)23(28)26-13-5-4-6-14-26/h7-12,17H,4-6,13-16H2,1-3H3. The minimum Gasteiger partial charge on any atom is -0.490 e. The molecule has 0 radical (unpaired) electrons. The largest absolute Gasteiger partial charge is 0.490 e. The average molecular weight is 423 g/mol. The molecular weight excluding hydrogens is 392 g/mol. The molecule has 2 aliphatic heterocycles. The minimum absolute atomic E-state index is 0.0740. The van der Waals surface area contributed by atoms with Crippen LogP contribution in [0.3, 0.4) is 0 Å². The van der Waals surface area contributed by atoms with E-state index in [1.807, 2.05) is 56.0 Å². The Morgan fingerprint density at radius 2 is 1.58 bits per heavy atom. The number of piperidine rings is 1. The first-order chi connectivity index (χ1) is 14.8. The predicted octanol–water partition coefficient (Wildman–Crippen LogP) is 4.80. The smallest absolute Gasteiger partial charge is 0.338 e. The molecule has 1 saturated heterocycles. The lowest BCUT2D eigenvalue weighted by Crippen LogP contribution is -2.35. The number of hydrogen-bond acceptors (Lipinski definition) is 5. The first kappa shape index (κ1) is 21.2. The molecule has 0 N–H and O–H groups in total. The highest BCUT2D eigenvalue weighted by atomic mass is 16.6. The molecule has 0 spiro atoms. The van der Waals surface area contributed by atoms with E-state index in [1.165, 1.54) is 6.42 Å². The number of hydrogen-bond donors (Lipinski definition) is 0. The SMILES string of the molecule is CC(C)(C)OC(=O)c1ccc(N2CCOc3cc(C(=O)N4CCCCC4)ccc32)cc1. The van der Waals surface area contributed by atoms with Crippen LogP contribution in [0.4, 0.5) is 11.4 Å². The molecule has 2 aromatic carbocycles. The Balaban J connectivity index is 1.53. The Hall–Kier alpha value is -3.02. The summed E-state index contributed by atoms with van der Waals surface area (Å²) in [5, 5.41) is 0. The van der Waals surface area contributed by atoms with Crippen molar-refractivity contribution < 1.29 is 19.1 Å². The molecule has 0 saturated carbocycles. The highest BCUT2D eigenvalue weighted by Crippen LogP contribution is 2.37. The fourth-order valence-electron chi connectivity index (χ4n) is 4.02. The number of ether oxygens (including phenoxy) is 2. The lowest BCUT2D eigenvalue weighted by Gasteiger charge is -2.32. The number of likely N-dealkylation sites (tertiary alicyclic amines) is 1. The normalized spacial score (nSPS) is 16.4. The molecule has 6 heteroatoms. The third-order valence-electron chi connectivity index (χ3n) is 5.53. The van der Waals surface area contributed by atoms with Gasteiger partial charge in [0.1, 0.15) is 18.0 Å². The van der Waals surface area contributed by atoms with Gasteiger partial charge in [0, 0.05) is 24.3 Å². The van der Waals surface area contributed by atoms with Gasteiger partial charge >= 0.3 is 5.97 Å². The van der Waals surface area contributed by atoms with Crippen LogP contribution >= 0.6 is 0 Å². The number of carbonyl (C=O) groups excluding carboxylic acids is 2. The van der Waals surface area contributed by atoms with Crippen LogP contribution in [0.1, 0.15) is 60.7 Å². The molecule has 164 valence electrons. The molecule has 31 heavy (non-hydrogen) atoms. The van der Waals surface area contributed by atoms with E-state index >= 15 is 0 Å². The number of nitrogens with zero attached hydrogens (tertiary/aromatic N) is 2. The van der Waals surface area contributed by atoms with Crippen molar-refractivity contribution in [3.05, 3.63) is 53.6 Å². The van der Waals surface area contributed by atoms with Crippen LogP contribution < -0.4 is 9.64 Å². The van der Waals surface area contributed by atoms with E-state index in [9.17, 15) is 9.59 Å². The van der Waals surface area contributed by atoms with Crippen LogP contribution in [0.25, 0.3) is 0 Å². The third-order valence-corrected chi connectivity index (χ3v) is 5.53. The first-order valence-corrected chi connectivity index (χ1v) is 11.0. The van der Waals surface area contributed by atoms with E-state index in [1.54, 1.807) is 12.1 Å². The summed E-state index contributed by atoms with van der Waals surface area (Å²) >= 11 is 0. The fraction of sp³-hybridized carbons (Fsp3) is 0.440. The number of esters is 1. The zero-order chi connectivity index (χ0) is 22.0. The molecule has 1 fully saturated rings. The van der Waals surface area contributed by atoms with Gasteiger partial charge in [-0.15, -0.1) is 0 Å². The van der Waals surface area contributed by atoms with Gasteiger partial charge in [-0.1, -0.05) is 0 Å². The number of benzene rings is 2. The third kappa shape index (κ3) is 4.84.